The van der Waals surface area contributed by atoms with Crippen molar-refractivity contribution in [2.24, 2.45) is 12.0 Å². The van der Waals surface area contributed by atoms with E-state index in [1.807, 2.05) is 14.0 Å². The molecular weight excluding hydrogens is 304 g/mol. The third kappa shape index (κ3) is 2.06. The summed E-state index contributed by atoms with van der Waals surface area (Å²) < 4.78 is 6.63. The van der Waals surface area contributed by atoms with Gasteiger partial charge >= 0.3 is 5.97 Å². The Labute approximate surface area is 132 Å². The number of amides is 1. The highest BCUT2D eigenvalue weighted by Gasteiger charge is 2.44. The molecule has 116 valence electrons. The maximum Gasteiger partial charge on any atom is 0.338 e. The summed E-state index contributed by atoms with van der Waals surface area (Å²) in [5.74, 6) is -0.208. The average molecular weight is 320 g/mol. The van der Waals surface area contributed by atoms with Crippen LogP contribution in [-0.4, -0.2) is 44.6 Å². The van der Waals surface area contributed by atoms with Gasteiger partial charge in [0, 0.05) is 18.3 Å². The molecule has 0 radical (unpaired) electrons. The number of aliphatic imine (C=N–C) groups is 1. The van der Waals surface area contributed by atoms with Crippen LogP contribution in [0.5, 0.6) is 0 Å². The van der Waals surface area contributed by atoms with Gasteiger partial charge in [0.15, 0.2) is 5.17 Å². The number of hydrogen-bond acceptors (Lipinski definition) is 6. The number of esters is 1. The SMILES string of the molecule is COC(=O)C1=C(C)N=C2SCC(=O)N2C1c1cnn(C)c1C. The molecule has 1 aromatic rings. The monoisotopic (exact) mass is 320 g/mol. The highest BCUT2D eigenvalue weighted by atomic mass is 32.2. The van der Waals surface area contributed by atoms with E-state index in [1.165, 1.54) is 18.9 Å². The summed E-state index contributed by atoms with van der Waals surface area (Å²) in [6.45, 7) is 3.67. The molecule has 0 aromatic carbocycles. The Balaban J connectivity index is 2.21. The first kappa shape index (κ1) is 14.8. The molecule has 0 saturated carbocycles. The van der Waals surface area contributed by atoms with Crippen molar-refractivity contribution in [3.05, 3.63) is 28.7 Å². The number of rotatable bonds is 2. The average Bonchev–Trinajstić information content (AvgIpc) is 3.01. The molecule has 0 bridgehead atoms. The number of fused-ring (bicyclic) bond motifs is 1. The predicted octanol–water partition coefficient (Wildman–Crippen LogP) is 1.16. The molecule has 1 aromatic heterocycles. The highest BCUT2D eigenvalue weighted by molar-refractivity contribution is 8.15. The maximum absolute atomic E-state index is 12.3. The Morgan fingerprint density at radius 1 is 1.45 bits per heavy atom. The van der Waals surface area contributed by atoms with Crippen LogP contribution >= 0.6 is 11.8 Å². The van der Waals surface area contributed by atoms with E-state index >= 15 is 0 Å². The smallest absolute Gasteiger partial charge is 0.338 e. The van der Waals surface area contributed by atoms with Gasteiger partial charge in [0.25, 0.3) is 0 Å². The van der Waals surface area contributed by atoms with Gasteiger partial charge in [0.1, 0.15) is 6.04 Å². The number of aromatic nitrogens is 2. The van der Waals surface area contributed by atoms with E-state index in [9.17, 15) is 9.59 Å². The molecule has 0 aliphatic carbocycles. The number of amidine groups is 1. The van der Waals surface area contributed by atoms with Crippen molar-refractivity contribution >= 4 is 28.8 Å². The molecule has 3 rings (SSSR count). The zero-order valence-electron chi connectivity index (χ0n) is 12.8. The van der Waals surface area contributed by atoms with Crippen molar-refractivity contribution in [1.29, 1.82) is 0 Å². The Bertz CT molecular complexity index is 734. The second-order valence-electron chi connectivity index (χ2n) is 5.15. The second-order valence-corrected chi connectivity index (χ2v) is 6.09. The number of thioether (sulfide) groups is 1. The number of nitrogens with zero attached hydrogens (tertiary/aromatic N) is 4. The van der Waals surface area contributed by atoms with E-state index in [0.29, 0.717) is 22.2 Å². The zero-order valence-corrected chi connectivity index (χ0v) is 13.6. The predicted molar refractivity (Wildman–Crippen MR) is 82.1 cm³/mol. The molecule has 2 aliphatic rings. The lowest BCUT2D eigenvalue weighted by molar-refractivity contribution is -0.137. The normalized spacial score (nSPS) is 21.1. The van der Waals surface area contributed by atoms with Gasteiger partial charge in [-0.3, -0.25) is 14.4 Å². The molecule has 0 N–H and O–H groups in total. The lowest BCUT2D eigenvalue weighted by Gasteiger charge is -2.32. The highest BCUT2D eigenvalue weighted by Crippen LogP contribution is 2.41. The lowest BCUT2D eigenvalue weighted by Crippen LogP contribution is -2.39. The van der Waals surface area contributed by atoms with Crippen LogP contribution in [0.1, 0.15) is 24.2 Å². The van der Waals surface area contributed by atoms with E-state index in [0.717, 1.165) is 11.3 Å². The van der Waals surface area contributed by atoms with Crippen LogP contribution in [0.4, 0.5) is 0 Å². The van der Waals surface area contributed by atoms with Crippen LogP contribution in [0.15, 0.2) is 22.5 Å². The zero-order chi connectivity index (χ0) is 16.0. The number of allylic oxidation sites excluding steroid dienone is 1. The van der Waals surface area contributed by atoms with Gasteiger partial charge < -0.3 is 4.74 Å². The number of aryl methyl sites for hydroxylation is 1. The van der Waals surface area contributed by atoms with Gasteiger partial charge in [-0.15, -0.1) is 0 Å². The fourth-order valence-corrected chi connectivity index (χ4v) is 3.63. The first-order valence-electron chi connectivity index (χ1n) is 6.76. The summed E-state index contributed by atoms with van der Waals surface area (Å²) in [6.07, 6.45) is 1.69. The van der Waals surface area contributed by atoms with Crippen LogP contribution in [-0.2, 0) is 21.4 Å². The summed E-state index contributed by atoms with van der Waals surface area (Å²) in [6, 6.07) is -0.531. The largest absolute Gasteiger partial charge is 0.466 e. The minimum atomic E-state index is -0.531. The molecule has 0 spiro atoms. The molecule has 1 fully saturated rings. The van der Waals surface area contributed by atoms with Crippen molar-refractivity contribution in [2.45, 2.75) is 19.9 Å². The molecule has 7 nitrogen and oxygen atoms in total. The van der Waals surface area contributed by atoms with Crippen molar-refractivity contribution in [2.75, 3.05) is 12.9 Å². The summed E-state index contributed by atoms with van der Waals surface area (Å²) in [5, 5.41) is 4.86. The van der Waals surface area contributed by atoms with Crippen LogP contribution in [0.25, 0.3) is 0 Å². The Morgan fingerprint density at radius 2 is 2.18 bits per heavy atom. The molecule has 8 heteroatoms. The Kier molecular flexibility index (Phi) is 3.56. The molecule has 1 unspecified atom stereocenters. The molecular formula is C14H16N4O3S. The fraction of sp³-hybridized carbons (Fsp3) is 0.429. The summed E-state index contributed by atoms with van der Waals surface area (Å²) in [5.41, 5.74) is 2.67. The van der Waals surface area contributed by atoms with Crippen molar-refractivity contribution < 1.29 is 14.3 Å². The minimum Gasteiger partial charge on any atom is -0.466 e. The van der Waals surface area contributed by atoms with Crippen LogP contribution < -0.4 is 0 Å². The quantitative estimate of drug-likeness (QED) is 0.764. The summed E-state index contributed by atoms with van der Waals surface area (Å²) in [7, 11) is 3.15. The van der Waals surface area contributed by atoms with Crippen molar-refractivity contribution in [1.82, 2.24) is 14.7 Å². The Hall–Kier alpha value is -2.09. The molecule has 3 heterocycles. The van der Waals surface area contributed by atoms with Crippen LogP contribution in [0.2, 0.25) is 0 Å². The third-order valence-corrected chi connectivity index (χ3v) is 4.89. The maximum atomic E-state index is 12.3. The van der Waals surface area contributed by atoms with Gasteiger partial charge in [-0.05, 0) is 13.8 Å². The van der Waals surface area contributed by atoms with E-state index < -0.39 is 12.0 Å². The number of hydrogen-bond donors (Lipinski definition) is 0. The first-order valence-corrected chi connectivity index (χ1v) is 7.75. The van der Waals surface area contributed by atoms with Crippen molar-refractivity contribution in [3.63, 3.8) is 0 Å². The second kappa shape index (κ2) is 5.28. The molecule has 1 amide bonds. The third-order valence-electron chi connectivity index (χ3n) is 3.96. The van der Waals surface area contributed by atoms with E-state index in [2.05, 4.69) is 10.1 Å². The van der Waals surface area contributed by atoms with Crippen molar-refractivity contribution in [3.8, 4) is 0 Å². The van der Waals surface area contributed by atoms with Gasteiger partial charge in [0.2, 0.25) is 5.91 Å². The number of carbonyl (C=O) groups excluding carboxylic acids is 2. The van der Waals surface area contributed by atoms with E-state index in [-0.39, 0.29) is 5.91 Å². The van der Waals surface area contributed by atoms with Gasteiger partial charge in [0.05, 0.1) is 30.3 Å². The summed E-state index contributed by atoms with van der Waals surface area (Å²) in [4.78, 5) is 30.5. The fourth-order valence-electron chi connectivity index (χ4n) is 2.69. The van der Waals surface area contributed by atoms with Gasteiger partial charge in [-0.25, -0.2) is 9.79 Å². The topological polar surface area (TPSA) is 76.8 Å². The number of methoxy groups -OCH3 is 1. The first-order chi connectivity index (χ1) is 10.5. The van der Waals surface area contributed by atoms with Crippen LogP contribution in [0.3, 0.4) is 0 Å². The van der Waals surface area contributed by atoms with Gasteiger partial charge in [-0.1, -0.05) is 11.8 Å². The standard InChI is InChI=1S/C14H16N4O3S/c1-7-11(13(20)21-4)12(9-5-15-17(3)8(9)2)18-10(19)6-22-14(18)16-7/h5,12H,6H2,1-4H3. The Morgan fingerprint density at radius 3 is 2.77 bits per heavy atom. The van der Waals surface area contributed by atoms with E-state index in [1.54, 1.807) is 22.7 Å². The molecule has 2 aliphatic heterocycles. The number of carbonyl (C=O) groups is 2. The summed E-state index contributed by atoms with van der Waals surface area (Å²) >= 11 is 1.38. The van der Waals surface area contributed by atoms with Crippen LogP contribution in [0, 0.1) is 6.92 Å². The minimum absolute atomic E-state index is 0.0640. The molecule has 22 heavy (non-hydrogen) atoms. The molecule has 1 atom stereocenters. The van der Waals surface area contributed by atoms with E-state index in [4.69, 9.17) is 4.74 Å². The number of ether oxygens (including phenoxy) is 1. The molecule has 1 saturated heterocycles. The van der Waals surface area contributed by atoms with Gasteiger partial charge in [-0.2, -0.15) is 5.10 Å². The lowest BCUT2D eigenvalue weighted by atomic mass is 9.95.